The van der Waals surface area contributed by atoms with Gasteiger partial charge in [0.25, 0.3) is 5.56 Å². The van der Waals surface area contributed by atoms with Crippen LogP contribution >= 0.6 is 0 Å². The minimum Gasteiger partial charge on any atom is -0.448 e. The third-order valence-electron chi connectivity index (χ3n) is 4.76. The zero-order valence-corrected chi connectivity index (χ0v) is 14.1. The summed E-state index contributed by atoms with van der Waals surface area (Å²) in [5.41, 5.74) is 0.508. The normalized spacial score (nSPS) is 18.0. The van der Waals surface area contributed by atoms with Gasteiger partial charge in [-0.2, -0.15) is 0 Å². The topological polar surface area (TPSA) is 68.3 Å². The van der Waals surface area contributed by atoms with Gasteiger partial charge in [-0.3, -0.25) is 14.2 Å². The number of benzene rings is 1. The van der Waals surface area contributed by atoms with Gasteiger partial charge in [-0.05, 0) is 18.6 Å². The lowest BCUT2D eigenvalue weighted by Crippen LogP contribution is -2.31. The molecule has 1 aromatic carbocycles. The average molecular weight is 343 g/mol. The van der Waals surface area contributed by atoms with Crippen LogP contribution in [0.25, 0.3) is 22.1 Å². The van der Waals surface area contributed by atoms with E-state index in [2.05, 4.69) is 4.98 Å². The first-order valence-corrected chi connectivity index (χ1v) is 8.36. The number of hydrogen-bond donors (Lipinski definition) is 0. The van der Waals surface area contributed by atoms with Crippen molar-refractivity contribution in [2.24, 2.45) is 5.92 Å². The molecule has 130 valence electrons. The Bertz CT molecular complexity index is 1050. The molecule has 0 fully saturated rings. The van der Waals surface area contributed by atoms with Crippen LogP contribution in [0.3, 0.4) is 0 Å². The molecule has 4 rings (SSSR count). The molecular formula is C18H18FN3O3. The first-order valence-electron chi connectivity index (χ1n) is 8.36. The second-order valence-electron chi connectivity index (χ2n) is 6.54. The van der Waals surface area contributed by atoms with E-state index in [0.29, 0.717) is 35.3 Å². The SMILES string of the molecule is CCCC1Cn2c(nc3c(oc4cc(F)ccc43)c2=O)CN(C)C1=O. The van der Waals surface area contributed by atoms with Gasteiger partial charge in [0.1, 0.15) is 22.7 Å². The Morgan fingerprint density at radius 1 is 1.36 bits per heavy atom. The fourth-order valence-electron chi connectivity index (χ4n) is 3.51. The van der Waals surface area contributed by atoms with Gasteiger partial charge in [0, 0.05) is 25.0 Å². The number of halogens is 1. The van der Waals surface area contributed by atoms with Crippen LogP contribution in [0.4, 0.5) is 4.39 Å². The Labute approximate surface area is 142 Å². The van der Waals surface area contributed by atoms with Crippen LogP contribution in [-0.4, -0.2) is 27.4 Å². The quantitative estimate of drug-likeness (QED) is 0.717. The summed E-state index contributed by atoms with van der Waals surface area (Å²) >= 11 is 0. The summed E-state index contributed by atoms with van der Waals surface area (Å²) in [4.78, 5) is 31.7. The lowest BCUT2D eigenvalue weighted by Gasteiger charge is -2.18. The molecule has 0 radical (unpaired) electrons. The molecule has 3 heterocycles. The van der Waals surface area contributed by atoms with Gasteiger partial charge >= 0.3 is 0 Å². The highest BCUT2D eigenvalue weighted by atomic mass is 19.1. The summed E-state index contributed by atoms with van der Waals surface area (Å²) in [7, 11) is 1.72. The largest absolute Gasteiger partial charge is 0.448 e. The molecule has 0 aliphatic carbocycles. The van der Waals surface area contributed by atoms with Crippen LogP contribution in [-0.2, 0) is 17.9 Å². The zero-order valence-electron chi connectivity index (χ0n) is 14.1. The van der Waals surface area contributed by atoms with E-state index in [1.165, 1.54) is 16.7 Å². The van der Waals surface area contributed by atoms with Crippen LogP contribution in [0, 0.1) is 11.7 Å². The number of aromatic nitrogens is 2. The highest BCUT2D eigenvalue weighted by molar-refractivity contribution is 6.02. The van der Waals surface area contributed by atoms with E-state index < -0.39 is 5.82 Å². The maximum absolute atomic E-state index is 13.4. The summed E-state index contributed by atoms with van der Waals surface area (Å²) in [5.74, 6) is -0.133. The van der Waals surface area contributed by atoms with E-state index in [1.54, 1.807) is 18.0 Å². The molecule has 1 aliphatic heterocycles. The summed E-state index contributed by atoms with van der Waals surface area (Å²) in [6, 6.07) is 4.13. The van der Waals surface area contributed by atoms with Crippen LogP contribution < -0.4 is 5.56 Å². The minimum atomic E-state index is -0.429. The van der Waals surface area contributed by atoms with Gasteiger partial charge in [0.05, 0.1) is 12.5 Å². The average Bonchev–Trinajstić information content (AvgIpc) is 2.88. The third-order valence-corrected chi connectivity index (χ3v) is 4.76. The van der Waals surface area contributed by atoms with Crippen molar-refractivity contribution in [3.63, 3.8) is 0 Å². The molecule has 0 spiro atoms. The number of carbonyl (C=O) groups is 1. The number of nitrogens with zero attached hydrogens (tertiary/aromatic N) is 3. The van der Waals surface area contributed by atoms with E-state index in [-0.39, 0.29) is 29.5 Å². The fourth-order valence-corrected chi connectivity index (χ4v) is 3.51. The van der Waals surface area contributed by atoms with E-state index in [4.69, 9.17) is 4.42 Å². The van der Waals surface area contributed by atoms with Crippen molar-refractivity contribution in [3.05, 3.63) is 40.2 Å². The fraction of sp³-hybridized carbons (Fsp3) is 0.389. The van der Waals surface area contributed by atoms with Crippen molar-refractivity contribution in [2.75, 3.05) is 7.05 Å². The van der Waals surface area contributed by atoms with Crippen molar-refractivity contribution in [1.82, 2.24) is 14.5 Å². The molecule has 0 saturated heterocycles. The standard InChI is InChI=1S/C18H18FN3O3/c1-3-4-10-8-22-14(9-21(2)17(10)23)20-15-12-6-5-11(19)7-13(12)25-16(15)18(22)24/h5-7,10H,3-4,8-9H2,1-2H3. The number of amides is 1. The maximum atomic E-state index is 13.4. The van der Waals surface area contributed by atoms with Crippen molar-refractivity contribution in [3.8, 4) is 0 Å². The molecule has 1 amide bonds. The molecular weight excluding hydrogens is 325 g/mol. The summed E-state index contributed by atoms with van der Waals surface area (Å²) in [6.45, 7) is 2.56. The molecule has 1 atom stereocenters. The maximum Gasteiger partial charge on any atom is 0.297 e. The predicted octanol–water partition coefficient (Wildman–Crippen LogP) is 2.67. The highest BCUT2D eigenvalue weighted by Crippen LogP contribution is 2.27. The number of furan rings is 1. The van der Waals surface area contributed by atoms with Gasteiger partial charge in [-0.15, -0.1) is 0 Å². The van der Waals surface area contributed by atoms with E-state index in [9.17, 15) is 14.0 Å². The molecule has 1 unspecified atom stereocenters. The van der Waals surface area contributed by atoms with Crippen molar-refractivity contribution >= 4 is 28.0 Å². The van der Waals surface area contributed by atoms with Gasteiger partial charge in [0.15, 0.2) is 0 Å². The van der Waals surface area contributed by atoms with Gasteiger partial charge < -0.3 is 9.32 Å². The predicted molar refractivity (Wildman–Crippen MR) is 90.6 cm³/mol. The van der Waals surface area contributed by atoms with Gasteiger partial charge in [0.2, 0.25) is 11.5 Å². The van der Waals surface area contributed by atoms with Crippen LogP contribution in [0.1, 0.15) is 25.6 Å². The second kappa shape index (κ2) is 5.68. The van der Waals surface area contributed by atoms with Crippen molar-refractivity contribution in [1.29, 1.82) is 0 Å². The third kappa shape index (κ3) is 2.42. The smallest absolute Gasteiger partial charge is 0.297 e. The first-order chi connectivity index (χ1) is 12.0. The van der Waals surface area contributed by atoms with Crippen LogP contribution in [0.15, 0.2) is 27.4 Å². The lowest BCUT2D eigenvalue weighted by atomic mass is 10.0. The van der Waals surface area contributed by atoms with E-state index in [1.807, 2.05) is 6.92 Å². The van der Waals surface area contributed by atoms with E-state index >= 15 is 0 Å². The number of rotatable bonds is 2. The summed E-state index contributed by atoms with van der Waals surface area (Å²) in [5, 5.41) is 0.597. The Hall–Kier alpha value is -2.70. The molecule has 7 heteroatoms. The summed E-state index contributed by atoms with van der Waals surface area (Å²) in [6.07, 6.45) is 1.56. The molecule has 0 bridgehead atoms. The zero-order chi connectivity index (χ0) is 17.7. The number of hydrogen-bond acceptors (Lipinski definition) is 4. The molecule has 6 nitrogen and oxygen atoms in total. The monoisotopic (exact) mass is 343 g/mol. The lowest BCUT2D eigenvalue weighted by molar-refractivity contribution is -0.134. The van der Waals surface area contributed by atoms with Crippen LogP contribution in [0.5, 0.6) is 0 Å². The molecule has 25 heavy (non-hydrogen) atoms. The second-order valence-corrected chi connectivity index (χ2v) is 6.54. The Morgan fingerprint density at radius 3 is 2.92 bits per heavy atom. The minimum absolute atomic E-state index is 0.0234. The summed E-state index contributed by atoms with van der Waals surface area (Å²) < 4.78 is 20.6. The first kappa shape index (κ1) is 15.8. The number of carbonyl (C=O) groups excluding carboxylic acids is 1. The highest BCUT2D eigenvalue weighted by Gasteiger charge is 2.29. The van der Waals surface area contributed by atoms with E-state index in [0.717, 1.165) is 6.42 Å². The number of fused-ring (bicyclic) bond motifs is 4. The Morgan fingerprint density at radius 2 is 2.16 bits per heavy atom. The molecule has 3 aromatic rings. The van der Waals surface area contributed by atoms with Gasteiger partial charge in [-0.1, -0.05) is 13.3 Å². The molecule has 2 aromatic heterocycles. The van der Waals surface area contributed by atoms with Crippen molar-refractivity contribution in [2.45, 2.75) is 32.9 Å². The molecule has 0 saturated carbocycles. The van der Waals surface area contributed by atoms with Crippen LogP contribution in [0.2, 0.25) is 0 Å². The molecule has 0 N–H and O–H groups in total. The Kier molecular flexibility index (Phi) is 3.59. The Balaban J connectivity index is 1.97. The van der Waals surface area contributed by atoms with Crippen molar-refractivity contribution < 1.29 is 13.6 Å². The van der Waals surface area contributed by atoms with Gasteiger partial charge in [-0.25, -0.2) is 9.37 Å². The molecule has 1 aliphatic rings.